The van der Waals surface area contributed by atoms with Gasteiger partial charge >= 0.3 is 0 Å². The first-order valence-electron chi connectivity index (χ1n) is 6.81. The van der Waals surface area contributed by atoms with Gasteiger partial charge in [-0.3, -0.25) is 0 Å². The molecule has 0 saturated carbocycles. The summed E-state index contributed by atoms with van der Waals surface area (Å²) in [4.78, 5) is 0.918. The molecule has 0 amide bonds. The zero-order valence-electron chi connectivity index (χ0n) is 11.5. The van der Waals surface area contributed by atoms with Gasteiger partial charge in [-0.2, -0.15) is 0 Å². The third kappa shape index (κ3) is 3.61. The molecular formula is C15H20N2OS. The zero-order valence-corrected chi connectivity index (χ0v) is 12.3. The van der Waals surface area contributed by atoms with Crippen LogP contribution in [0.5, 0.6) is 0 Å². The SMILES string of the molecule is CCCc1nnsc1C(O)Cc1ccc(CC)cc1. The molecule has 0 aliphatic rings. The zero-order chi connectivity index (χ0) is 13.7. The van der Waals surface area contributed by atoms with Crippen LogP contribution in [0.15, 0.2) is 24.3 Å². The molecule has 1 N–H and O–H groups in total. The highest BCUT2D eigenvalue weighted by molar-refractivity contribution is 7.05. The third-order valence-electron chi connectivity index (χ3n) is 3.23. The lowest BCUT2D eigenvalue weighted by Crippen LogP contribution is -2.03. The molecular weight excluding hydrogens is 256 g/mol. The summed E-state index contributed by atoms with van der Waals surface area (Å²) in [6.07, 6.45) is 3.09. The number of hydrogen-bond donors (Lipinski definition) is 1. The molecule has 0 saturated heterocycles. The maximum Gasteiger partial charge on any atom is 0.0957 e. The van der Waals surface area contributed by atoms with Gasteiger partial charge in [0.2, 0.25) is 0 Å². The topological polar surface area (TPSA) is 46.0 Å². The molecule has 2 rings (SSSR count). The standard InChI is InChI=1S/C15H20N2OS/c1-3-5-13-15(19-17-16-13)14(18)10-12-8-6-11(4-2)7-9-12/h6-9,14,18H,3-5,10H2,1-2H3. The van der Waals surface area contributed by atoms with Crippen molar-refractivity contribution in [2.75, 3.05) is 0 Å². The van der Waals surface area contributed by atoms with Crippen molar-refractivity contribution < 1.29 is 5.11 Å². The van der Waals surface area contributed by atoms with Crippen LogP contribution < -0.4 is 0 Å². The number of hydrogen-bond acceptors (Lipinski definition) is 4. The monoisotopic (exact) mass is 276 g/mol. The smallest absolute Gasteiger partial charge is 0.0957 e. The number of aryl methyl sites for hydroxylation is 2. The fourth-order valence-corrected chi connectivity index (χ4v) is 2.79. The Balaban J connectivity index is 2.06. The van der Waals surface area contributed by atoms with Gasteiger partial charge in [-0.05, 0) is 35.5 Å². The van der Waals surface area contributed by atoms with Crippen LogP contribution in [0, 0.1) is 0 Å². The van der Waals surface area contributed by atoms with Crippen molar-refractivity contribution in [2.24, 2.45) is 0 Å². The van der Waals surface area contributed by atoms with E-state index in [2.05, 4.69) is 47.7 Å². The summed E-state index contributed by atoms with van der Waals surface area (Å²) >= 11 is 1.31. The van der Waals surface area contributed by atoms with Crippen LogP contribution in [-0.2, 0) is 19.3 Å². The van der Waals surface area contributed by atoms with Crippen LogP contribution in [0.3, 0.4) is 0 Å². The number of aliphatic hydroxyl groups excluding tert-OH is 1. The Morgan fingerprint density at radius 1 is 1.16 bits per heavy atom. The maximum absolute atomic E-state index is 10.3. The molecule has 0 aliphatic carbocycles. The number of aromatic nitrogens is 2. The molecule has 0 fully saturated rings. The molecule has 1 heterocycles. The summed E-state index contributed by atoms with van der Waals surface area (Å²) in [6.45, 7) is 4.25. The summed E-state index contributed by atoms with van der Waals surface area (Å²) < 4.78 is 3.96. The fourth-order valence-electron chi connectivity index (χ4n) is 2.11. The molecule has 4 heteroatoms. The van der Waals surface area contributed by atoms with Gasteiger partial charge in [0.05, 0.1) is 16.7 Å². The number of nitrogens with zero attached hydrogens (tertiary/aromatic N) is 2. The third-order valence-corrected chi connectivity index (χ3v) is 4.10. The Morgan fingerprint density at radius 3 is 2.47 bits per heavy atom. The van der Waals surface area contributed by atoms with Gasteiger partial charge in [-0.25, -0.2) is 0 Å². The summed E-state index contributed by atoms with van der Waals surface area (Å²) in [5.74, 6) is 0. The second-order valence-corrected chi connectivity index (χ2v) is 5.51. The molecule has 3 nitrogen and oxygen atoms in total. The van der Waals surface area contributed by atoms with Gasteiger partial charge < -0.3 is 5.11 Å². The van der Waals surface area contributed by atoms with Crippen LogP contribution in [0.25, 0.3) is 0 Å². The minimum atomic E-state index is -0.492. The number of benzene rings is 1. The van der Waals surface area contributed by atoms with E-state index in [1.165, 1.54) is 17.1 Å². The van der Waals surface area contributed by atoms with Gasteiger partial charge in [0.25, 0.3) is 0 Å². The Hall–Kier alpha value is -1.26. The van der Waals surface area contributed by atoms with Crippen molar-refractivity contribution in [1.29, 1.82) is 0 Å². The number of aliphatic hydroxyl groups is 1. The molecule has 0 radical (unpaired) electrons. The van der Waals surface area contributed by atoms with Crippen LogP contribution in [0.4, 0.5) is 0 Å². The molecule has 1 unspecified atom stereocenters. The van der Waals surface area contributed by atoms with Crippen molar-refractivity contribution in [2.45, 2.75) is 45.6 Å². The first-order valence-corrected chi connectivity index (χ1v) is 7.59. The first kappa shape index (κ1) is 14.2. The molecule has 0 spiro atoms. The van der Waals surface area contributed by atoms with Crippen LogP contribution in [0.1, 0.15) is 48.1 Å². The van der Waals surface area contributed by atoms with E-state index in [0.29, 0.717) is 6.42 Å². The molecule has 0 bridgehead atoms. The quantitative estimate of drug-likeness (QED) is 0.880. The molecule has 1 aromatic heterocycles. The van der Waals surface area contributed by atoms with Gasteiger partial charge in [0.1, 0.15) is 0 Å². The lowest BCUT2D eigenvalue weighted by Gasteiger charge is -2.10. The molecule has 1 aromatic carbocycles. The van der Waals surface area contributed by atoms with Crippen molar-refractivity contribution in [1.82, 2.24) is 9.59 Å². The Kier molecular flexibility index (Phi) is 5.05. The summed E-state index contributed by atoms with van der Waals surface area (Å²) in [5.41, 5.74) is 3.43. The van der Waals surface area contributed by atoms with Crippen molar-refractivity contribution in [3.8, 4) is 0 Å². The lowest BCUT2D eigenvalue weighted by atomic mass is 10.0. The van der Waals surface area contributed by atoms with E-state index in [1.54, 1.807) is 0 Å². The van der Waals surface area contributed by atoms with E-state index in [-0.39, 0.29) is 0 Å². The van der Waals surface area contributed by atoms with E-state index in [0.717, 1.165) is 35.4 Å². The second kappa shape index (κ2) is 6.78. The predicted molar refractivity (Wildman–Crippen MR) is 78.4 cm³/mol. The van der Waals surface area contributed by atoms with Crippen molar-refractivity contribution in [3.05, 3.63) is 46.0 Å². The second-order valence-electron chi connectivity index (χ2n) is 4.72. The van der Waals surface area contributed by atoms with E-state index in [9.17, 15) is 5.11 Å². The van der Waals surface area contributed by atoms with Crippen molar-refractivity contribution in [3.63, 3.8) is 0 Å². The molecule has 19 heavy (non-hydrogen) atoms. The van der Waals surface area contributed by atoms with Crippen molar-refractivity contribution >= 4 is 11.5 Å². The van der Waals surface area contributed by atoms with Crippen LogP contribution in [0.2, 0.25) is 0 Å². The summed E-state index contributed by atoms with van der Waals surface area (Å²) in [6, 6.07) is 8.44. The van der Waals surface area contributed by atoms with E-state index < -0.39 is 6.10 Å². The predicted octanol–water partition coefficient (Wildman–Crippen LogP) is 3.33. The Morgan fingerprint density at radius 2 is 1.84 bits per heavy atom. The summed E-state index contributed by atoms with van der Waals surface area (Å²) in [7, 11) is 0. The minimum Gasteiger partial charge on any atom is -0.387 e. The van der Waals surface area contributed by atoms with Gasteiger partial charge in [-0.1, -0.05) is 49.0 Å². The largest absolute Gasteiger partial charge is 0.387 e. The average molecular weight is 276 g/mol. The minimum absolute atomic E-state index is 0.492. The van der Waals surface area contributed by atoms with E-state index in [4.69, 9.17) is 0 Å². The Bertz CT molecular complexity index is 507. The van der Waals surface area contributed by atoms with Crippen LogP contribution in [-0.4, -0.2) is 14.7 Å². The summed E-state index contributed by atoms with van der Waals surface area (Å²) in [5, 5.41) is 14.4. The molecule has 1 atom stereocenters. The van der Waals surface area contributed by atoms with Crippen LogP contribution >= 0.6 is 11.5 Å². The highest BCUT2D eigenvalue weighted by Gasteiger charge is 2.16. The molecule has 2 aromatic rings. The molecule has 0 aliphatic heterocycles. The maximum atomic E-state index is 10.3. The first-order chi connectivity index (χ1) is 9.24. The van der Waals surface area contributed by atoms with E-state index in [1.807, 2.05) is 0 Å². The average Bonchev–Trinajstić information content (AvgIpc) is 2.88. The highest BCUT2D eigenvalue weighted by atomic mass is 32.1. The lowest BCUT2D eigenvalue weighted by molar-refractivity contribution is 0.181. The fraction of sp³-hybridized carbons (Fsp3) is 0.467. The van der Waals surface area contributed by atoms with E-state index >= 15 is 0 Å². The normalized spacial score (nSPS) is 12.6. The Labute approximate surface area is 118 Å². The highest BCUT2D eigenvalue weighted by Crippen LogP contribution is 2.25. The van der Waals surface area contributed by atoms with Gasteiger partial charge in [0.15, 0.2) is 0 Å². The van der Waals surface area contributed by atoms with Gasteiger partial charge in [0, 0.05) is 6.42 Å². The van der Waals surface area contributed by atoms with Gasteiger partial charge in [-0.15, -0.1) is 5.10 Å². The number of rotatable bonds is 6. The molecule has 102 valence electrons.